The summed E-state index contributed by atoms with van der Waals surface area (Å²) >= 11 is 0. The molecule has 1 saturated heterocycles. The summed E-state index contributed by atoms with van der Waals surface area (Å²) in [4.78, 5) is 0. The van der Waals surface area contributed by atoms with Crippen LogP contribution in [0.2, 0.25) is 0 Å². The molecule has 214 valence electrons. The van der Waals surface area contributed by atoms with Crippen LogP contribution in [-0.2, 0) is 18.9 Å². The van der Waals surface area contributed by atoms with Crippen molar-refractivity contribution in [2.75, 3.05) is 27.4 Å². The molecule has 0 saturated carbocycles. The summed E-state index contributed by atoms with van der Waals surface area (Å²) in [6, 6.07) is -0.435. The minimum atomic E-state index is -0.435. The number of hydrogen-bond donors (Lipinski definition) is 0. The van der Waals surface area contributed by atoms with Crippen molar-refractivity contribution in [1.82, 2.24) is 0 Å². The molecule has 1 heterocycles. The van der Waals surface area contributed by atoms with Gasteiger partial charge in [-0.25, -0.2) is 0 Å². The monoisotopic (exact) mass is 510 g/mol. The highest BCUT2D eigenvalue weighted by Gasteiger charge is 2.42. The quantitative estimate of drug-likeness (QED) is 0.0908. The van der Waals surface area contributed by atoms with Gasteiger partial charge in [0.2, 0.25) is 0 Å². The molecule has 0 bridgehead atoms. The maximum Gasteiger partial charge on any atom is 0.113 e. The lowest BCUT2D eigenvalue weighted by atomic mass is 9.92. The van der Waals surface area contributed by atoms with Gasteiger partial charge in [0.25, 0.3) is 0 Å². The molecule has 0 spiro atoms. The SMILES string of the molecule is CC.[B]C1OC(COC)C(OC)C1OCCCCCCCCCCCCCCCCCCCCCC. The zero-order valence-electron chi connectivity index (χ0n) is 25.1. The Balaban J connectivity index is 0.00000596. The first-order valence-corrected chi connectivity index (χ1v) is 15.8. The van der Waals surface area contributed by atoms with Crippen molar-refractivity contribution in [3.05, 3.63) is 0 Å². The molecule has 4 atom stereocenters. The van der Waals surface area contributed by atoms with E-state index < -0.39 is 6.00 Å². The van der Waals surface area contributed by atoms with Gasteiger partial charge >= 0.3 is 0 Å². The normalized spacial score (nSPS) is 21.5. The van der Waals surface area contributed by atoms with E-state index in [1.54, 1.807) is 14.2 Å². The van der Waals surface area contributed by atoms with Crippen molar-refractivity contribution < 1.29 is 18.9 Å². The van der Waals surface area contributed by atoms with Gasteiger partial charge in [0.15, 0.2) is 0 Å². The van der Waals surface area contributed by atoms with Crippen LogP contribution in [0.4, 0.5) is 0 Å². The largest absolute Gasteiger partial charge is 0.382 e. The second kappa shape index (κ2) is 27.9. The Hall–Kier alpha value is -0.0951. The molecule has 0 aromatic rings. The fourth-order valence-electron chi connectivity index (χ4n) is 5.11. The number of rotatable bonds is 25. The molecule has 0 aromatic carbocycles. The van der Waals surface area contributed by atoms with Crippen LogP contribution in [0, 0.1) is 0 Å². The third-order valence-corrected chi connectivity index (χ3v) is 7.26. The van der Waals surface area contributed by atoms with Crippen molar-refractivity contribution in [2.45, 2.75) is 174 Å². The Morgan fingerprint density at radius 3 is 1.33 bits per heavy atom. The lowest BCUT2D eigenvalue weighted by molar-refractivity contribution is -0.0562. The third kappa shape index (κ3) is 19.0. The van der Waals surface area contributed by atoms with Crippen LogP contribution in [0.5, 0.6) is 0 Å². The van der Waals surface area contributed by atoms with E-state index in [2.05, 4.69) is 6.92 Å². The molecule has 0 aromatic heterocycles. The van der Waals surface area contributed by atoms with E-state index >= 15 is 0 Å². The van der Waals surface area contributed by atoms with Crippen LogP contribution in [0.15, 0.2) is 0 Å². The molecule has 0 aliphatic carbocycles. The zero-order chi connectivity index (χ0) is 26.7. The Labute approximate surface area is 227 Å². The lowest BCUT2D eigenvalue weighted by Crippen LogP contribution is -2.38. The molecule has 0 amide bonds. The Morgan fingerprint density at radius 2 is 0.972 bits per heavy atom. The van der Waals surface area contributed by atoms with Crippen LogP contribution < -0.4 is 0 Å². The molecule has 1 aliphatic rings. The van der Waals surface area contributed by atoms with E-state index in [0.717, 1.165) is 13.0 Å². The number of methoxy groups -OCH3 is 2. The summed E-state index contributed by atoms with van der Waals surface area (Å²) in [5.41, 5.74) is 0. The van der Waals surface area contributed by atoms with Gasteiger partial charge < -0.3 is 18.9 Å². The predicted octanol–water partition coefficient (Wildman–Crippen LogP) is 8.77. The fourth-order valence-corrected chi connectivity index (χ4v) is 5.11. The highest BCUT2D eigenvalue weighted by atomic mass is 16.6. The summed E-state index contributed by atoms with van der Waals surface area (Å²) in [6.45, 7) is 7.49. The first kappa shape index (κ1) is 35.9. The number of ether oxygens (including phenoxy) is 4. The average molecular weight is 511 g/mol. The van der Waals surface area contributed by atoms with Crippen LogP contribution in [0.1, 0.15) is 149 Å². The van der Waals surface area contributed by atoms with E-state index in [9.17, 15) is 0 Å². The first-order valence-electron chi connectivity index (χ1n) is 15.8. The first-order chi connectivity index (χ1) is 17.7. The van der Waals surface area contributed by atoms with Gasteiger partial charge in [-0.2, -0.15) is 0 Å². The standard InChI is InChI=1S/C29H57BO4.C2H6/c1-4-5-6-7-8-9-10-11-12-13-14-15-16-17-18-19-20-21-22-23-24-33-28-27(32-3)26(25-31-2)34-29(28)30;1-2/h26-29H,4-25H2,1-3H3;1-2H3. The Kier molecular flexibility index (Phi) is 27.9. The zero-order valence-corrected chi connectivity index (χ0v) is 25.1. The number of unbranched alkanes of at least 4 members (excludes halogenated alkanes) is 19. The van der Waals surface area contributed by atoms with Crippen molar-refractivity contribution in [3.8, 4) is 0 Å². The van der Waals surface area contributed by atoms with Gasteiger partial charge in [-0.1, -0.05) is 143 Å². The molecule has 36 heavy (non-hydrogen) atoms. The van der Waals surface area contributed by atoms with E-state index in [0.29, 0.717) is 6.61 Å². The van der Waals surface area contributed by atoms with E-state index in [1.165, 1.54) is 122 Å². The molecular formula is C31H63BO4. The summed E-state index contributed by atoms with van der Waals surface area (Å²) in [5, 5.41) is 0. The van der Waals surface area contributed by atoms with Crippen molar-refractivity contribution in [1.29, 1.82) is 0 Å². The van der Waals surface area contributed by atoms with E-state index in [-0.39, 0.29) is 18.3 Å². The van der Waals surface area contributed by atoms with E-state index in [1.807, 2.05) is 13.8 Å². The second-order valence-electron chi connectivity index (χ2n) is 10.3. The highest BCUT2D eigenvalue weighted by Crippen LogP contribution is 2.25. The maximum atomic E-state index is 6.07. The summed E-state index contributed by atoms with van der Waals surface area (Å²) in [6.07, 6.45) is 27.4. The van der Waals surface area contributed by atoms with Crippen LogP contribution >= 0.6 is 0 Å². The van der Waals surface area contributed by atoms with Crippen molar-refractivity contribution in [3.63, 3.8) is 0 Å². The topological polar surface area (TPSA) is 36.9 Å². The maximum absolute atomic E-state index is 6.07. The molecule has 5 heteroatoms. The van der Waals surface area contributed by atoms with E-state index in [4.69, 9.17) is 26.8 Å². The molecule has 0 N–H and O–H groups in total. The van der Waals surface area contributed by atoms with Gasteiger partial charge in [0, 0.05) is 26.8 Å². The number of hydrogen-bond acceptors (Lipinski definition) is 4. The Bertz CT molecular complexity index is 423. The minimum Gasteiger partial charge on any atom is -0.382 e. The molecule has 4 unspecified atom stereocenters. The van der Waals surface area contributed by atoms with Crippen LogP contribution in [0.25, 0.3) is 0 Å². The molecule has 1 fully saturated rings. The third-order valence-electron chi connectivity index (χ3n) is 7.26. The fraction of sp³-hybridized carbons (Fsp3) is 1.00. The average Bonchev–Trinajstić information content (AvgIpc) is 3.20. The van der Waals surface area contributed by atoms with Gasteiger partial charge in [-0.05, 0) is 6.42 Å². The molecule has 4 nitrogen and oxygen atoms in total. The van der Waals surface area contributed by atoms with Crippen molar-refractivity contribution >= 4 is 7.85 Å². The molecular weight excluding hydrogens is 447 g/mol. The molecule has 2 radical (unpaired) electrons. The molecule has 1 rings (SSSR count). The second-order valence-corrected chi connectivity index (χ2v) is 10.3. The van der Waals surface area contributed by atoms with Gasteiger partial charge in [0.05, 0.1) is 6.61 Å². The van der Waals surface area contributed by atoms with Gasteiger partial charge in [-0.15, -0.1) is 0 Å². The summed E-state index contributed by atoms with van der Waals surface area (Å²) < 4.78 is 22.5. The van der Waals surface area contributed by atoms with Gasteiger partial charge in [0.1, 0.15) is 26.2 Å². The lowest BCUT2D eigenvalue weighted by Gasteiger charge is -2.22. The van der Waals surface area contributed by atoms with Crippen LogP contribution in [0.3, 0.4) is 0 Å². The molecule has 1 aliphatic heterocycles. The summed E-state index contributed by atoms with van der Waals surface area (Å²) in [7, 11) is 9.42. The minimum absolute atomic E-state index is 0.148. The summed E-state index contributed by atoms with van der Waals surface area (Å²) in [5.74, 6) is 0. The highest BCUT2D eigenvalue weighted by molar-refractivity contribution is 6.11. The van der Waals surface area contributed by atoms with Crippen molar-refractivity contribution in [2.24, 2.45) is 0 Å². The predicted molar refractivity (Wildman–Crippen MR) is 156 cm³/mol. The van der Waals surface area contributed by atoms with Crippen LogP contribution in [-0.4, -0.2) is 59.6 Å². The Morgan fingerprint density at radius 1 is 0.583 bits per heavy atom. The smallest absolute Gasteiger partial charge is 0.113 e. The van der Waals surface area contributed by atoms with Gasteiger partial charge in [-0.3, -0.25) is 0 Å².